The molecule has 0 aliphatic carbocycles. The number of carbonyl (C=O) groups excluding carboxylic acids is 2. The molecule has 0 radical (unpaired) electrons. The van der Waals surface area contributed by atoms with Gasteiger partial charge in [-0.3, -0.25) is 9.59 Å². The quantitative estimate of drug-likeness (QED) is 0.493. The van der Waals surface area contributed by atoms with Gasteiger partial charge in [0.1, 0.15) is 0 Å². The summed E-state index contributed by atoms with van der Waals surface area (Å²) in [5.41, 5.74) is 1.43. The number of ketones is 2. The molecule has 0 saturated heterocycles. The first kappa shape index (κ1) is 13.7. The van der Waals surface area contributed by atoms with Crippen LogP contribution in [0.4, 0.5) is 0 Å². The van der Waals surface area contributed by atoms with Gasteiger partial charge in [-0.1, -0.05) is 30.3 Å². The standard InChI is InChI=1S/C15H13NO4/c17-13(8-14(18)15(19)20)12-6-7-16(10-12)9-11-4-2-1-3-5-11/h1-7,10H,8-9H2,(H,19,20). The first-order valence-electron chi connectivity index (χ1n) is 6.05. The van der Waals surface area contributed by atoms with Gasteiger partial charge in [0.05, 0.1) is 6.42 Å². The van der Waals surface area contributed by atoms with Crippen molar-refractivity contribution in [3.05, 3.63) is 59.9 Å². The van der Waals surface area contributed by atoms with Crippen molar-refractivity contribution in [2.24, 2.45) is 0 Å². The molecule has 0 fully saturated rings. The molecule has 5 heteroatoms. The zero-order valence-electron chi connectivity index (χ0n) is 10.7. The molecule has 0 saturated carbocycles. The minimum absolute atomic E-state index is 0.343. The minimum atomic E-state index is -1.58. The number of nitrogens with zero attached hydrogens (tertiary/aromatic N) is 1. The van der Waals surface area contributed by atoms with E-state index in [-0.39, 0.29) is 0 Å². The first-order chi connectivity index (χ1) is 9.56. The van der Waals surface area contributed by atoms with Gasteiger partial charge < -0.3 is 9.67 Å². The molecular formula is C15H13NO4. The number of rotatable bonds is 6. The molecule has 5 nitrogen and oxygen atoms in total. The minimum Gasteiger partial charge on any atom is -0.475 e. The van der Waals surface area contributed by atoms with E-state index in [1.807, 2.05) is 34.9 Å². The molecule has 1 aromatic heterocycles. The summed E-state index contributed by atoms with van der Waals surface area (Å²) in [6.45, 7) is 0.612. The molecule has 0 amide bonds. The molecule has 1 N–H and O–H groups in total. The zero-order chi connectivity index (χ0) is 14.5. The first-order valence-corrected chi connectivity index (χ1v) is 6.05. The summed E-state index contributed by atoms with van der Waals surface area (Å²) in [6, 6.07) is 11.3. The average Bonchev–Trinajstić information content (AvgIpc) is 2.88. The second-order valence-corrected chi connectivity index (χ2v) is 4.39. The molecule has 0 aliphatic heterocycles. The lowest BCUT2D eigenvalue weighted by atomic mass is 10.1. The van der Waals surface area contributed by atoms with Crippen LogP contribution in [-0.4, -0.2) is 27.2 Å². The van der Waals surface area contributed by atoms with Crippen LogP contribution < -0.4 is 0 Å². The molecule has 1 heterocycles. The maximum absolute atomic E-state index is 11.7. The van der Waals surface area contributed by atoms with Gasteiger partial charge in [-0.2, -0.15) is 0 Å². The molecule has 102 valence electrons. The van der Waals surface area contributed by atoms with Crippen LogP contribution >= 0.6 is 0 Å². The second-order valence-electron chi connectivity index (χ2n) is 4.39. The largest absolute Gasteiger partial charge is 0.475 e. The van der Waals surface area contributed by atoms with Crippen molar-refractivity contribution < 1.29 is 19.5 Å². The van der Waals surface area contributed by atoms with Crippen LogP contribution in [0.3, 0.4) is 0 Å². The lowest BCUT2D eigenvalue weighted by Gasteiger charge is -2.02. The Kier molecular flexibility index (Phi) is 4.10. The molecular weight excluding hydrogens is 258 g/mol. The number of carboxylic acid groups (broad SMARTS) is 1. The number of hydrogen-bond acceptors (Lipinski definition) is 3. The smallest absolute Gasteiger partial charge is 0.372 e. The van der Waals surface area contributed by atoms with E-state index < -0.39 is 24.0 Å². The van der Waals surface area contributed by atoms with Crippen molar-refractivity contribution in [2.45, 2.75) is 13.0 Å². The maximum Gasteiger partial charge on any atom is 0.372 e. The molecule has 0 spiro atoms. The number of carbonyl (C=O) groups is 3. The number of carboxylic acids is 1. The van der Waals surface area contributed by atoms with Gasteiger partial charge in [0.25, 0.3) is 0 Å². The number of benzene rings is 1. The summed E-state index contributed by atoms with van der Waals surface area (Å²) in [5.74, 6) is -3.16. The lowest BCUT2D eigenvalue weighted by Crippen LogP contribution is -2.16. The molecule has 0 aliphatic rings. The highest BCUT2D eigenvalue weighted by Gasteiger charge is 2.18. The van der Waals surface area contributed by atoms with Crippen molar-refractivity contribution in [3.63, 3.8) is 0 Å². The van der Waals surface area contributed by atoms with Gasteiger partial charge in [0, 0.05) is 24.5 Å². The molecule has 0 bridgehead atoms. The summed E-state index contributed by atoms with van der Waals surface area (Å²) in [7, 11) is 0. The van der Waals surface area contributed by atoms with E-state index in [9.17, 15) is 14.4 Å². The van der Waals surface area contributed by atoms with Crippen LogP contribution in [-0.2, 0) is 16.1 Å². The average molecular weight is 271 g/mol. The summed E-state index contributed by atoms with van der Waals surface area (Å²) >= 11 is 0. The van der Waals surface area contributed by atoms with Gasteiger partial charge in [-0.15, -0.1) is 0 Å². The van der Waals surface area contributed by atoms with Gasteiger partial charge in [0.15, 0.2) is 5.78 Å². The highest BCUT2D eigenvalue weighted by molar-refractivity contribution is 6.37. The van der Waals surface area contributed by atoms with Crippen LogP contribution in [0, 0.1) is 0 Å². The Hall–Kier alpha value is -2.69. The van der Waals surface area contributed by atoms with Crippen molar-refractivity contribution in [1.82, 2.24) is 4.57 Å². The normalized spacial score (nSPS) is 10.2. The predicted molar refractivity (Wildman–Crippen MR) is 71.6 cm³/mol. The van der Waals surface area contributed by atoms with Crippen LogP contribution in [0.2, 0.25) is 0 Å². The van der Waals surface area contributed by atoms with Crippen LogP contribution in [0.5, 0.6) is 0 Å². The highest BCUT2D eigenvalue weighted by atomic mass is 16.4. The van der Waals surface area contributed by atoms with E-state index in [2.05, 4.69) is 0 Å². The Morgan fingerprint density at radius 1 is 1.05 bits per heavy atom. The topological polar surface area (TPSA) is 76.4 Å². The summed E-state index contributed by atoms with van der Waals surface area (Å²) in [4.78, 5) is 33.1. The second kappa shape index (κ2) is 5.97. The highest BCUT2D eigenvalue weighted by Crippen LogP contribution is 2.08. The van der Waals surface area contributed by atoms with E-state index >= 15 is 0 Å². The van der Waals surface area contributed by atoms with Crippen molar-refractivity contribution in [2.75, 3.05) is 0 Å². The molecule has 20 heavy (non-hydrogen) atoms. The van der Waals surface area contributed by atoms with E-state index in [0.29, 0.717) is 12.1 Å². The monoisotopic (exact) mass is 271 g/mol. The third-order valence-electron chi connectivity index (χ3n) is 2.84. The molecule has 2 rings (SSSR count). The van der Waals surface area contributed by atoms with Gasteiger partial charge >= 0.3 is 5.97 Å². The Labute approximate surface area is 115 Å². The molecule has 0 atom stereocenters. The number of aliphatic carboxylic acids is 1. The van der Waals surface area contributed by atoms with Crippen LogP contribution in [0.1, 0.15) is 22.3 Å². The predicted octanol–water partition coefficient (Wildman–Crippen LogP) is 1.76. The summed E-state index contributed by atoms with van der Waals surface area (Å²) in [6.07, 6.45) is 2.74. The van der Waals surface area contributed by atoms with E-state index in [0.717, 1.165) is 5.56 Å². The SMILES string of the molecule is O=C(O)C(=O)CC(=O)c1ccn(Cc2ccccc2)c1. The summed E-state index contributed by atoms with van der Waals surface area (Å²) in [5, 5.41) is 8.47. The molecule has 0 unspecified atom stereocenters. The number of aromatic nitrogens is 1. The van der Waals surface area contributed by atoms with Gasteiger partial charge in [-0.05, 0) is 11.6 Å². The fraction of sp³-hybridized carbons (Fsp3) is 0.133. The molecule has 2 aromatic rings. The van der Waals surface area contributed by atoms with Crippen molar-refractivity contribution >= 4 is 17.5 Å². The van der Waals surface area contributed by atoms with Crippen molar-refractivity contribution in [1.29, 1.82) is 0 Å². The third kappa shape index (κ3) is 3.41. The fourth-order valence-electron chi connectivity index (χ4n) is 1.82. The van der Waals surface area contributed by atoms with Crippen molar-refractivity contribution in [3.8, 4) is 0 Å². The number of Topliss-reactive ketones (excluding diaryl/α,β-unsaturated/α-hetero) is 2. The molecule has 1 aromatic carbocycles. The van der Waals surface area contributed by atoms with E-state index in [1.165, 1.54) is 0 Å². The third-order valence-corrected chi connectivity index (χ3v) is 2.84. The number of hydrogen-bond donors (Lipinski definition) is 1. The Morgan fingerprint density at radius 2 is 1.75 bits per heavy atom. The Balaban J connectivity index is 2.04. The van der Waals surface area contributed by atoms with Gasteiger partial charge in [-0.25, -0.2) is 4.79 Å². The van der Waals surface area contributed by atoms with Crippen LogP contribution in [0.15, 0.2) is 48.8 Å². The fourth-order valence-corrected chi connectivity index (χ4v) is 1.82. The Morgan fingerprint density at radius 3 is 2.40 bits per heavy atom. The van der Waals surface area contributed by atoms with E-state index in [4.69, 9.17) is 5.11 Å². The van der Waals surface area contributed by atoms with Gasteiger partial charge in [0.2, 0.25) is 5.78 Å². The van der Waals surface area contributed by atoms with E-state index in [1.54, 1.807) is 18.5 Å². The Bertz CT molecular complexity index is 643. The zero-order valence-corrected chi connectivity index (χ0v) is 10.7. The van der Waals surface area contributed by atoms with Crippen LogP contribution in [0.25, 0.3) is 0 Å². The maximum atomic E-state index is 11.7. The summed E-state index contributed by atoms with van der Waals surface area (Å²) < 4.78 is 1.81. The lowest BCUT2D eigenvalue weighted by molar-refractivity contribution is -0.148.